The van der Waals surface area contributed by atoms with Crippen LogP contribution in [0.4, 0.5) is 0 Å². The fourth-order valence-electron chi connectivity index (χ4n) is 4.90. The predicted molar refractivity (Wildman–Crippen MR) is 105 cm³/mol. The number of H-pyrrole nitrogens is 1. The molecule has 8 nitrogen and oxygen atoms in total. The lowest BCUT2D eigenvalue weighted by atomic mass is 9.98. The van der Waals surface area contributed by atoms with Crippen molar-refractivity contribution in [3.05, 3.63) is 42.9 Å². The third-order valence-electron chi connectivity index (χ3n) is 6.51. The molecule has 0 spiro atoms. The lowest BCUT2D eigenvalue weighted by molar-refractivity contribution is 0.131. The summed E-state index contributed by atoms with van der Waals surface area (Å²) in [5.74, 6) is 0. The molecule has 2 atom stereocenters. The second kappa shape index (κ2) is 6.00. The van der Waals surface area contributed by atoms with E-state index in [-0.39, 0.29) is 0 Å². The molecule has 1 N–H and O–H groups in total. The highest BCUT2D eigenvalue weighted by Gasteiger charge is 2.39. The van der Waals surface area contributed by atoms with Crippen LogP contribution in [0.2, 0.25) is 0 Å². The largest absolute Gasteiger partial charge is 0.300 e. The molecule has 0 amide bonds. The van der Waals surface area contributed by atoms with Gasteiger partial charge in [0.2, 0.25) is 0 Å². The molecule has 1 aromatic carbocycles. The maximum atomic E-state index is 4.65. The summed E-state index contributed by atoms with van der Waals surface area (Å²) in [5.41, 5.74) is 3.50. The fourth-order valence-corrected chi connectivity index (χ4v) is 4.90. The first-order valence-electron chi connectivity index (χ1n) is 9.88. The summed E-state index contributed by atoms with van der Waals surface area (Å²) in [6, 6.07) is 9.91. The molecule has 0 saturated carbocycles. The van der Waals surface area contributed by atoms with Crippen LogP contribution in [-0.4, -0.2) is 59.0 Å². The summed E-state index contributed by atoms with van der Waals surface area (Å²) in [5, 5.41) is 21.8. The number of aromatic nitrogens is 7. The van der Waals surface area contributed by atoms with Crippen LogP contribution in [0.25, 0.3) is 28.0 Å². The van der Waals surface area contributed by atoms with E-state index in [9.17, 15) is 0 Å². The molecule has 3 aromatic heterocycles. The average Bonchev–Trinajstić information content (AvgIpc) is 3.47. The third-order valence-corrected chi connectivity index (χ3v) is 6.51. The number of fused-ring (bicyclic) bond motifs is 3. The van der Waals surface area contributed by atoms with Crippen molar-refractivity contribution in [1.29, 1.82) is 0 Å². The van der Waals surface area contributed by atoms with Crippen LogP contribution in [0.15, 0.2) is 42.9 Å². The molecule has 0 aliphatic carbocycles. The van der Waals surface area contributed by atoms with Crippen LogP contribution >= 0.6 is 0 Å². The van der Waals surface area contributed by atoms with E-state index in [1.807, 2.05) is 36.7 Å². The van der Waals surface area contributed by atoms with Crippen molar-refractivity contribution < 1.29 is 0 Å². The van der Waals surface area contributed by atoms with Gasteiger partial charge in [0.15, 0.2) is 0 Å². The Kier molecular flexibility index (Phi) is 3.43. The number of nitrogens with one attached hydrogen (secondary N) is 1. The zero-order valence-electron chi connectivity index (χ0n) is 15.7. The zero-order valence-corrected chi connectivity index (χ0v) is 15.7. The Morgan fingerprint density at radius 1 is 1.04 bits per heavy atom. The lowest BCUT2D eigenvalue weighted by Gasteiger charge is -2.36. The zero-order chi connectivity index (χ0) is 18.7. The SMILES string of the molecule is CN1C2CCC1CC(n1cc(-n3cc(-c4n[nH]c5ccccc45)nn3)cn1)C2. The Morgan fingerprint density at radius 3 is 2.71 bits per heavy atom. The van der Waals surface area contributed by atoms with Gasteiger partial charge in [0.25, 0.3) is 0 Å². The number of nitrogens with zero attached hydrogens (tertiary/aromatic N) is 7. The highest BCUT2D eigenvalue weighted by molar-refractivity contribution is 5.91. The van der Waals surface area contributed by atoms with Gasteiger partial charge in [-0.25, -0.2) is 4.68 Å². The van der Waals surface area contributed by atoms with Gasteiger partial charge in [0.1, 0.15) is 17.1 Å². The summed E-state index contributed by atoms with van der Waals surface area (Å²) in [4.78, 5) is 2.55. The van der Waals surface area contributed by atoms with Gasteiger partial charge in [-0.05, 0) is 38.8 Å². The second-order valence-corrected chi connectivity index (χ2v) is 8.02. The van der Waals surface area contributed by atoms with Crippen molar-refractivity contribution in [2.75, 3.05) is 7.05 Å². The van der Waals surface area contributed by atoms with Crippen molar-refractivity contribution in [2.45, 2.75) is 43.8 Å². The van der Waals surface area contributed by atoms with E-state index >= 15 is 0 Å². The first-order valence-corrected chi connectivity index (χ1v) is 9.88. The van der Waals surface area contributed by atoms with E-state index in [1.54, 1.807) is 4.68 Å². The van der Waals surface area contributed by atoms with Gasteiger partial charge in [0.05, 0.1) is 30.1 Å². The minimum absolute atomic E-state index is 0.473. The Bertz CT molecular complexity index is 1120. The topological polar surface area (TPSA) is 80.5 Å². The van der Waals surface area contributed by atoms with Gasteiger partial charge in [-0.2, -0.15) is 10.2 Å². The van der Waals surface area contributed by atoms with Gasteiger partial charge >= 0.3 is 0 Å². The minimum Gasteiger partial charge on any atom is -0.300 e. The Balaban J connectivity index is 1.28. The van der Waals surface area contributed by atoms with Crippen LogP contribution in [0, 0.1) is 0 Å². The molecule has 28 heavy (non-hydrogen) atoms. The lowest BCUT2D eigenvalue weighted by Crippen LogP contribution is -2.40. The maximum Gasteiger partial charge on any atom is 0.134 e. The third kappa shape index (κ3) is 2.41. The van der Waals surface area contributed by atoms with E-state index in [0.29, 0.717) is 18.1 Å². The van der Waals surface area contributed by atoms with E-state index in [2.05, 4.69) is 48.4 Å². The molecule has 4 aromatic rings. The number of hydrogen-bond acceptors (Lipinski definition) is 5. The molecule has 2 unspecified atom stereocenters. The monoisotopic (exact) mass is 374 g/mol. The van der Waals surface area contributed by atoms with Crippen molar-refractivity contribution in [2.24, 2.45) is 0 Å². The van der Waals surface area contributed by atoms with Crippen molar-refractivity contribution >= 4 is 10.9 Å². The Morgan fingerprint density at radius 2 is 1.86 bits per heavy atom. The number of piperidine rings is 1. The molecule has 2 fully saturated rings. The van der Waals surface area contributed by atoms with Crippen molar-refractivity contribution in [3.8, 4) is 17.1 Å². The number of aromatic amines is 1. The molecule has 2 saturated heterocycles. The Labute approximate surface area is 162 Å². The normalized spacial score (nSPS) is 25.0. The predicted octanol–water partition coefficient (Wildman–Crippen LogP) is 2.80. The highest BCUT2D eigenvalue weighted by Crippen LogP contribution is 2.39. The van der Waals surface area contributed by atoms with Gasteiger partial charge in [-0.1, -0.05) is 23.4 Å². The molecule has 2 bridgehead atoms. The first kappa shape index (κ1) is 16.0. The second-order valence-electron chi connectivity index (χ2n) is 8.02. The molecule has 2 aliphatic rings. The van der Waals surface area contributed by atoms with Crippen LogP contribution in [0.1, 0.15) is 31.7 Å². The van der Waals surface area contributed by atoms with E-state index in [4.69, 9.17) is 0 Å². The van der Waals surface area contributed by atoms with Crippen LogP contribution in [-0.2, 0) is 0 Å². The van der Waals surface area contributed by atoms with Crippen molar-refractivity contribution in [1.82, 2.24) is 39.9 Å². The fraction of sp³-hybridized carbons (Fsp3) is 0.400. The van der Waals surface area contributed by atoms with E-state index < -0.39 is 0 Å². The number of rotatable bonds is 3. The van der Waals surface area contributed by atoms with E-state index in [1.165, 1.54) is 25.7 Å². The summed E-state index contributed by atoms with van der Waals surface area (Å²) in [7, 11) is 2.27. The standard InChI is InChI=1S/C20H22N8/c1-26-13-6-7-14(26)9-15(8-13)27-11-16(10-21-27)28-12-19(23-25-28)20-17-4-2-3-5-18(17)22-24-20/h2-5,10-15H,6-9H2,1H3,(H,22,24). The number of hydrogen-bond donors (Lipinski definition) is 1. The van der Waals surface area contributed by atoms with Gasteiger partial charge in [-0.15, -0.1) is 5.10 Å². The van der Waals surface area contributed by atoms with Gasteiger partial charge in [0, 0.05) is 17.5 Å². The highest BCUT2D eigenvalue weighted by atomic mass is 15.4. The molecular weight excluding hydrogens is 352 g/mol. The van der Waals surface area contributed by atoms with Crippen LogP contribution < -0.4 is 0 Å². The molecule has 2 aliphatic heterocycles. The summed E-state index contributed by atoms with van der Waals surface area (Å²) >= 11 is 0. The molecule has 0 radical (unpaired) electrons. The smallest absolute Gasteiger partial charge is 0.134 e. The summed E-state index contributed by atoms with van der Waals surface area (Å²) < 4.78 is 3.91. The van der Waals surface area contributed by atoms with E-state index in [0.717, 1.165) is 28.0 Å². The number of para-hydroxylation sites is 1. The summed E-state index contributed by atoms with van der Waals surface area (Å²) in [6.45, 7) is 0. The number of benzene rings is 1. The van der Waals surface area contributed by atoms with Crippen LogP contribution in [0.3, 0.4) is 0 Å². The first-order chi connectivity index (χ1) is 13.8. The Hall–Kier alpha value is -3.00. The van der Waals surface area contributed by atoms with Crippen LogP contribution in [0.5, 0.6) is 0 Å². The molecule has 142 valence electrons. The maximum absolute atomic E-state index is 4.65. The molecule has 5 heterocycles. The molecule has 6 rings (SSSR count). The van der Waals surface area contributed by atoms with Gasteiger partial charge < -0.3 is 4.90 Å². The molecule has 8 heteroatoms. The summed E-state index contributed by atoms with van der Waals surface area (Å²) in [6.07, 6.45) is 10.9. The minimum atomic E-state index is 0.473. The quantitative estimate of drug-likeness (QED) is 0.596. The van der Waals surface area contributed by atoms with Gasteiger partial charge in [-0.3, -0.25) is 9.78 Å². The van der Waals surface area contributed by atoms with Crippen molar-refractivity contribution in [3.63, 3.8) is 0 Å². The molecular formula is C20H22N8. The average molecular weight is 374 g/mol.